The molecular formula is C26H24FN3O4. The zero-order valence-electron chi connectivity index (χ0n) is 18.5. The lowest BCUT2D eigenvalue weighted by Gasteiger charge is -2.36. The molecule has 34 heavy (non-hydrogen) atoms. The third kappa shape index (κ3) is 4.19. The van der Waals surface area contributed by atoms with Crippen molar-refractivity contribution in [1.82, 2.24) is 14.7 Å². The van der Waals surface area contributed by atoms with Crippen molar-refractivity contribution in [1.29, 1.82) is 0 Å². The Hall–Kier alpha value is -3.94. The summed E-state index contributed by atoms with van der Waals surface area (Å²) in [6.45, 7) is 2.00. The van der Waals surface area contributed by atoms with E-state index in [9.17, 15) is 18.8 Å². The molecule has 0 bridgehead atoms. The van der Waals surface area contributed by atoms with Crippen molar-refractivity contribution in [2.24, 2.45) is 0 Å². The van der Waals surface area contributed by atoms with Gasteiger partial charge in [-0.1, -0.05) is 30.3 Å². The van der Waals surface area contributed by atoms with E-state index in [1.807, 2.05) is 18.2 Å². The van der Waals surface area contributed by atoms with E-state index in [2.05, 4.69) is 0 Å². The van der Waals surface area contributed by atoms with Gasteiger partial charge in [0.2, 0.25) is 5.91 Å². The van der Waals surface area contributed by atoms with Crippen molar-refractivity contribution < 1.29 is 23.2 Å². The summed E-state index contributed by atoms with van der Waals surface area (Å²) in [6, 6.07) is 16.1. The Kier molecular flexibility index (Phi) is 5.88. The molecule has 3 heterocycles. The van der Waals surface area contributed by atoms with Gasteiger partial charge in [-0.15, -0.1) is 0 Å². The number of fused-ring (bicyclic) bond motifs is 1. The first-order chi connectivity index (χ1) is 16.5. The molecule has 2 aromatic carbocycles. The van der Waals surface area contributed by atoms with Crippen LogP contribution in [0, 0.1) is 5.82 Å². The number of nitrogens with zero attached hydrogens (tertiary/aromatic N) is 3. The Morgan fingerprint density at radius 3 is 2.29 bits per heavy atom. The summed E-state index contributed by atoms with van der Waals surface area (Å²) >= 11 is 0. The molecule has 5 rings (SSSR count). The third-order valence-electron chi connectivity index (χ3n) is 6.50. The molecule has 3 aromatic rings. The summed E-state index contributed by atoms with van der Waals surface area (Å²) in [4.78, 5) is 44.0. The first-order valence-electron chi connectivity index (χ1n) is 11.3. The number of carbonyl (C=O) groups excluding carboxylic acids is 3. The minimum Gasteiger partial charge on any atom is -0.459 e. The van der Waals surface area contributed by atoms with Crippen molar-refractivity contribution in [2.75, 3.05) is 26.2 Å². The number of hydrogen-bond donors (Lipinski definition) is 0. The molecule has 2 aliphatic heterocycles. The maximum Gasteiger partial charge on any atom is 0.289 e. The smallest absolute Gasteiger partial charge is 0.289 e. The van der Waals surface area contributed by atoms with Gasteiger partial charge in [0.25, 0.3) is 11.8 Å². The van der Waals surface area contributed by atoms with Gasteiger partial charge in [0, 0.05) is 38.3 Å². The monoisotopic (exact) mass is 461 g/mol. The summed E-state index contributed by atoms with van der Waals surface area (Å²) in [5, 5.41) is 0. The van der Waals surface area contributed by atoms with Crippen molar-refractivity contribution in [3.63, 3.8) is 0 Å². The van der Waals surface area contributed by atoms with Gasteiger partial charge in [-0.25, -0.2) is 4.39 Å². The first-order valence-corrected chi connectivity index (χ1v) is 11.3. The molecule has 7 nitrogen and oxygen atoms in total. The molecule has 0 radical (unpaired) electrons. The maximum absolute atomic E-state index is 13.6. The lowest BCUT2D eigenvalue weighted by Crippen LogP contribution is -2.51. The van der Waals surface area contributed by atoms with Crippen molar-refractivity contribution >= 4 is 17.7 Å². The number of carbonyl (C=O) groups is 3. The number of piperazine rings is 1. The lowest BCUT2D eigenvalue weighted by atomic mass is 10.0. The normalized spacial score (nSPS) is 16.5. The highest BCUT2D eigenvalue weighted by atomic mass is 19.1. The van der Waals surface area contributed by atoms with Crippen LogP contribution in [-0.4, -0.2) is 58.6 Å². The predicted molar refractivity (Wildman–Crippen MR) is 121 cm³/mol. The summed E-state index contributed by atoms with van der Waals surface area (Å²) < 4.78 is 18.8. The van der Waals surface area contributed by atoms with Gasteiger partial charge in [0.15, 0.2) is 5.76 Å². The van der Waals surface area contributed by atoms with Crippen LogP contribution in [0.25, 0.3) is 0 Å². The van der Waals surface area contributed by atoms with E-state index in [0.29, 0.717) is 43.9 Å². The second-order valence-corrected chi connectivity index (χ2v) is 8.51. The van der Waals surface area contributed by atoms with E-state index in [1.165, 1.54) is 18.4 Å². The lowest BCUT2D eigenvalue weighted by molar-refractivity contribution is -0.133. The Labute approximate surface area is 196 Å². The van der Waals surface area contributed by atoms with Crippen LogP contribution in [0.4, 0.5) is 4.39 Å². The van der Waals surface area contributed by atoms with E-state index >= 15 is 0 Å². The van der Waals surface area contributed by atoms with Crippen LogP contribution in [0.2, 0.25) is 0 Å². The Morgan fingerprint density at radius 2 is 1.62 bits per heavy atom. The number of furan rings is 1. The highest BCUT2D eigenvalue weighted by Crippen LogP contribution is 2.34. The molecule has 0 N–H and O–H groups in total. The molecule has 1 aromatic heterocycles. The van der Waals surface area contributed by atoms with Crippen molar-refractivity contribution in [3.05, 3.63) is 95.2 Å². The van der Waals surface area contributed by atoms with Crippen LogP contribution in [0.15, 0.2) is 71.3 Å². The van der Waals surface area contributed by atoms with Crippen LogP contribution >= 0.6 is 0 Å². The van der Waals surface area contributed by atoms with Gasteiger partial charge in [0.1, 0.15) is 5.82 Å². The number of halogens is 1. The molecule has 2 aliphatic rings. The Bertz CT molecular complexity index is 1200. The summed E-state index contributed by atoms with van der Waals surface area (Å²) in [7, 11) is 0. The standard InChI is InChI=1S/C26H24FN3O4/c27-20-9-7-18(8-10-20)22(30-17-19-4-1-2-5-21(19)25(30)32)16-24(31)28-11-13-29(14-12-28)26(33)23-6-3-15-34-23/h1-10,15,22H,11-14,16-17H2. The molecular weight excluding hydrogens is 437 g/mol. The Morgan fingerprint density at radius 1 is 0.912 bits per heavy atom. The quantitative estimate of drug-likeness (QED) is 0.583. The molecule has 1 unspecified atom stereocenters. The zero-order chi connectivity index (χ0) is 23.7. The third-order valence-corrected chi connectivity index (χ3v) is 6.50. The predicted octanol–water partition coefficient (Wildman–Crippen LogP) is 3.49. The maximum atomic E-state index is 13.6. The van der Waals surface area contributed by atoms with Crippen LogP contribution in [0.5, 0.6) is 0 Å². The average Bonchev–Trinajstić information content (AvgIpc) is 3.52. The topological polar surface area (TPSA) is 74.1 Å². The van der Waals surface area contributed by atoms with Crippen molar-refractivity contribution in [3.8, 4) is 0 Å². The van der Waals surface area contributed by atoms with Crippen LogP contribution in [-0.2, 0) is 11.3 Å². The molecule has 0 saturated carbocycles. The van der Waals surface area contributed by atoms with Gasteiger partial charge in [-0.05, 0) is 41.5 Å². The van der Waals surface area contributed by atoms with E-state index in [4.69, 9.17) is 4.42 Å². The number of benzene rings is 2. The van der Waals surface area contributed by atoms with Gasteiger partial charge < -0.3 is 19.1 Å². The van der Waals surface area contributed by atoms with Gasteiger partial charge in [0.05, 0.1) is 18.7 Å². The summed E-state index contributed by atoms with van der Waals surface area (Å²) in [5.41, 5.74) is 2.26. The van der Waals surface area contributed by atoms with E-state index in [-0.39, 0.29) is 35.7 Å². The van der Waals surface area contributed by atoms with Gasteiger partial charge in [-0.2, -0.15) is 0 Å². The minimum absolute atomic E-state index is 0.0808. The van der Waals surface area contributed by atoms with E-state index < -0.39 is 6.04 Å². The van der Waals surface area contributed by atoms with Crippen LogP contribution in [0.1, 0.15) is 44.5 Å². The van der Waals surface area contributed by atoms with Gasteiger partial charge >= 0.3 is 0 Å². The molecule has 1 fully saturated rings. The highest BCUT2D eigenvalue weighted by molar-refractivity contribution is 5.99. The highest BCUT2D eigenvalue weighted by Gasteiger charge is 2.36. The number of rotatable bonds is 5. The molecule has 0 aliphatic carbocycles. The zero-order valence-corrected chi connectivity index (χ0v) is 18.5. The fourth-order valence-electron chi connectivity index (χ4n) is 4.63. The first kappa shape index (κ1) is 21.9. The second kappa shape index (κ2) is 9.13. The fraction of sp³-hybridized carbons (Fsp3) is 0.269. The molecule has 8 heteroatoms. The van der Waals surface area contributed by atoms with Crippen molar-refractivity contribution in [2.45, 2.75) is 19.0 Å². The fourth-order valence-corrected chi connectivity index (χ4v) is 4.63. The Balaban J connectivity index is 1.30. The minimum atomic E-state index is -0.518. The largest absolute Gasteiger partial charge is 0.459 e. The van der Waals surface area contributed by atoms with E-state index in [0.717, 1.165) is 5.56 Å². The SMILES string of the molecule is O=C(CC(c1ccc(F)cc1)N1Cc2ccccc2C1=O)N1CCN(C(=O)c2ccco2)CC1. The summed E-state index contributed by atoms with van der Waals surface area (Å²) in [6.07, 6.45) is 1.54. The van der Waals surface area contributed by atoms with E-state index in [1.54, 1.807) is 45.0 Å². The number of hydrogen-bond acceptors (Lipinski definition) is 4. The second-order valence-electron chi connectivity index (χ2n) is 8.51. The van der Waals surface area contributed by atoms with Gasteiger partial charge in [-0.3, -0.25) is 14.4 Å². The summed E-state index contributed by atoms with van der Waals surface area (Å²) in [5.74, 6) is -0.526. The molecule has 0 spiro atoms. The average molecular weight is 461 g/mol. The van der Waals surface area contributed by atoms with Crippen LogP contribution in [0.3, 0.4) is 0 Å². The molecule has 1 atom stereocenters. The molecule has 3 amide bonds. The molecule has 1 saturated heterocycles. The van der Waals surface area contributed by atoms with Crippen LogP contribution < -0.4 is 0 Å². The molecule has 174 valence electrons. The number of amides is 3.